The number of carbonyl (C=O) groups is 1. The maximum atomic E-state index is 13.4. The van der Waals surface area contributed by atoms with Gasteiger partial charge in [-0.1, -0.05) is 24.3 Å². The van der Waals surface area contributed by atoms with Gasteiger partial charge in [-0.3, -0.25) is 4.79 Å². The zero-order chi connectivity index (χ0) is 22.4. The van der Waals surface area contributed by atoms with E-state index in [-0.39, 0.29) is 11.7 Å². The van der Waals surface area contributed by atoms with Crippen LogP contribution in [0.4, 0.5) is 4.39 Å². The van der Waals surface area contributed by atoms with Crippen molar-refractivity contribution >= 4 is 5.91 Å². The Morgan fingerprint density at radius 1 is 1.06 bits per heavy atom. The number of nitrogens with zero attached hydrogens (tertiary/aromatic N) is 1. The van der Waals surface area contributed by atoms with Crippen LogP contribution in [0.2, 0.25) is 0 Å². The third-order valence-electron chi connectivity index (χ3n) is 5.67. The van der Waals surface area contributed by atoms with Gasteiger partial charge in [0.05, 0.1) is 17.2 Å². The molecule has 1 saturated heterocycles. The molecule has 0 atom stereocenters. The van der Waals surface area contributed by atoms with Crippen LogP contribution in [0.15, 0.2) is 72.8 Å². The summed E-state index contributed by atoms with van der Waals surface area (Å²) in [6, 6.07) is 22.5. The fraction of sp³-hybridized carbons (Fsp3) is 0.231. The summed E-state index contributed by atoms with van der Waals surface area (Å²) < 4.78 is 24.7. The van der Waals surface area contributed by atoms with E-state index in [4.69, 9.17) is 14.7 Å². The average Bonchev–Trinajstić information content (AvgIpc) is 2.84. The molecule has 1 fully saturated rings. The van der Waals surface area contributed by atoms with Crippen LogP contribution in [0.5, 0.6) is 5.75 Å². The molecular weight excluding hydrogens is 407 g/mol. The maximum Gasteiger partial charge on any atom is 0.251 e. The molecule has 6 heteroatoms. The SMILES string of the molecule is N#Cc1ccc(OCc2cccc(C(=O)NC3(c4ccc(F)cc4)CCOCC3)c2)cc1. The highest BCUT2D eigenvalue weighted by molar-refractivity contribution is 5.95. The molecule has 1 aliphatic heterocycles. The van der Waals surface area contributed by atoms with E-state index < -0.39 is 5.54 Å². The van der Waals surface area contributed by atoms with E-state index in [0.29, 0.717) is 49.5 Å². The van der Waals surface area contributed by atoms with Crippen molar-refractivity contribution in [2.24, 2.45) is 0 Å². The van der Waals surface area contributed by atoms with Crippen LogP contribution in [0.3, 0.4) is 0 Å². The summed E-state index contributed by atoms with van der Waals surface area (Å²) in [5.74, 6) is 0.144. The number of benzene rings is 3. The molecule has 32 heavy (non-hydrogen) atoms. The van der Waals surface area contributed by atoms with Gasteiger partial charge in [0, 0.05) is 18.8 Å². The lowest BCUT2D eigenvalue weighted by Gasteiger charge is -2.38. The van der Waals surface area contributed by atoms with Gasteiger partial charge in [0.1, 0.15) is 18.2 Å². The van der Waals surface area contributed by atoms with Crippen molar-refractivity contribution in [1.82, 2.24) is 5.32 Å². The van der Waals surface area contributed by atoms with Crippen LogP contribution in [-0.4, -0.2) is 19.1 Å². The van der Waals surface area contributed by atoms with Gasteiger partial charge < -0.3 is 14.8 Å². The van der Waals surface area contributed by atoms with Gasteiger partial charge >= 0.3 is 0 Å². The molecule has 0 aromatic heterocycles. The standard InChI is InChI=1S/C26H23FN2O3/c27-23-8-6-22(7-9-23)26(12-14-31-15-13-26)29-25(30)21-3-1-2-20(16-21)18-32-24-10-4-19(17-28)5-11-24/h1-11,16H,12-15,18H2,(H,29,30). The lowest BCUT2D eigenvalue weighted by molar-refractivity contribution is 0.0345. The summed E-state index contributed by atoms with van der Waals surface area (Å²) in [5.41, 5.74) is 2.22. The highest BCUT2D eigenvalue weighted by Crippen LogP contribution is 2.32. The molecule has 0 aliphatic carbocycles. The van der Waals surface area contributed by atoms with Crippen LogP contribution in [0.25, 0.3) is 0 Å². The predicted octanol–water partition coefficient (Wildman–Crippen LogP) is 4.71. The minimum Gasteiger partial charge on any atom is -0.489 e. The predicted molar refractivity (Wildman–Crippen MR) is 118 cm³/mol. The van der Waals surface area contributed by atoms with Crippen molar-refractivity contribution in [3.63, 3.8) is 0 Å². The second-order valence-electron chi connectivity index (χ2n) is 7.78. The van der Waals surface area contributed by atoms with Crippen LogP contribution < -0.4 is 10.1 Å². The Morgan fingerprint density at radius 3 is 2.47 bits per heavy atom. The van der Waals surface area contributed by atoms with Crippen molar-refractivity contribution in [1.29, 1.82) is 5.26 Å². The van der Waals surface area contributed by atoms with E-state index in [0.717, 1.165) is 11.1 Å². The van der Waals surface area contributed by atoms with Gasteiger partial charge in [0.15, 0.2) is 0 Å². The monoisotopic (exact) mass is 430 g/mol. The Balaban J connectivity index is 1.48. The lowest BCUT2D eigenvalue weighted by atomic mass is 9.82. The topological polar surface area (TPSA) is 71.3 Å². The van der Waals surface area contributed by atoms with Gasteiger partial charge in [-0.2, -0.15) is 5.26 Å². The number of ether oxygens (including phenoxy) is 2. The number of carbonyl (C=O) groups excluding carboxylic acids is 1. The largest absolute Gasteiger partial charge is 0.489 e. The second-order valence-corrected chi connectivity index (χ2v) is 7.78. The average molecular weight is 430 g/mol. The molecule has 162 valence electrons. The summed E-state index contributed by atoms with van der Waals surface area (Å²) in [6.07, 6.45) is 1.23. The summed E-state index contributed by atoms with van der Waals surface area (Å²) in [4.78, 5) is 13.2. The van der Waals surface area contributed by atoms with Gasteiger partial charge in [0.25, 0.3) is 5.91 Å². The first-order valence-electron chi connectivity index (χ1n) is 10.5. The van der Waals surface area contributed by atoms with Gasteiger partial charge in [-0.25, -0.2) is 4.39 Å². The molecule has 1 aliphatic rings. The van der Waals surface area contributed by atoms with Gasteiger partial charge in [-0.05, 0) is 72.5 Å². The summed E-state index contributed by atoms with van der Waals surface area (Å²) in [6.45, 7) is 1.34. The van der Waals surface area contributed by atoms with Gasteiger partial charge in [-0.15, -0.1) is 0 Å². The van der Waals surface area contributed by atoms with E-state index in [1.807, 2.05) is 12.1 Å². The molecule has 4 rings (SSSR count). The smallest absolute Gasteiger partial charge is 0.251 e. The number of hydrogen-bond acceptors (Lipinski definition) is 4. The third kappa shape index (κ3) is 4.96. The molecule has 5 nitrogen and oxygen atoms in total. The Bertz CT molecular complexity index is 1120. The van der Waals surface area contributed by atoms with E-state index in [1.54, 1.807) is 48.5 Å². The van der Waals surface area contributed by atoms with E-state index >= 15 is 0 Å². The first-order chi connectivity index (χ1) is 15.6. The molecule has 0 spiro atoms. The lowest BCUT2D eigenvalue weighted by Crippen LogP contribution is -2.49. The Kier molecular flexibility index (Phi) is 6.48. The van der Waals surface area contributed by atoms with Crippen LogP contribution in [-0.2, 0) is 16.9 Å². The van der Waals surface area contributed by atoms with Crippen molar-refractivity contribution in [3.05, 3.63) is 101 Å². The minimum atomic E-state index is -0.599. The first kappa shape index (κ1) is 21.5. The second kappa shape index (κ2) is 9.63. The fourth-order valence-electron chi connectivity index (χ4n) is 3.86. The molecule has 0 radical (unpaired) electrons. The quantitative estimate of drug-likeness (QED) is 0.615. The van der Waals surface area contributed by atoms with E-state index in [1.165, 1.54) is 12.1 Å². The van der Waals surface area contributed by atoms with Crippen LogP contribution in [0, 0.1) is 17.1 Å². The molecule has 1 N–H and O–H groups in total. The molecule has 1 heterocycles. The highest BCUT2D eigenvalue weighted by Gasteiger charge is 2.36. The Morgan fingerprint density at radius 2 is 1.78 bits per heavy atom. The summed E-state index contributed by atoms with van der Waals surface area (Å²) in [7, 11) is 0. The van der Waals surface area contributed by atoms with Crippen molar-refractivity contribution in [2.75, 3.05) is 13.2 Å². The van der Waals surface area contributed by atoms with Crippen molar-refractivity contribution in [2.45, 2.75) is 25.0 Å². The number of nitrogens with one attached hydrogen (secondary N) is 1. The zero-order valence-corrected chi connectivity index (χ0v) is 17.5. The first-order valence-corrected chi connectivity index (χ1v) is 10.5. The number of halogens is 1. The summed E-state index contributed by atoms with van der Waals surface area (Å²) >= 11 is 0. The Labute approximate surface area is 186 Å². The van der Waals surface area contributed by atoms with Crippen LogP contribution in [0.1, 0.15) is 39.9 Å². The minimum absolute atomic E-state index is 0.198. The number of amides is 1. The number of nitriles is 1. The van der Waals surface area contributed by atoms with Crippen molar-refractivity contribution in [3.8, 4) is 11.8 Å². The van der Waals surface area contributed by atoms with E-state index in [9.17, 15) is 9.18 Å². The van der Waals surface area contributed by atoms with Gasteiger partial charge in [0.2, 0.25) is 0 Å². The molecule has 3 aromatic carbocycles. The number of hydrogen-bond donors (Lipinski definition) is 1. The van der Waals surface area contributed by atoms with Crippen molar-refractivity contribution < 1.29 is 18.7 Å². The maximum absolute atomic E-state index is 13.4. The third-order valence-corrected chi connectivity index (χ3v) is 5.67. The van der Waals surface area contributed by atoms with E-state index in [2.05, 4.69) is 11.4 Å². The fourth-order valence-corrected chi connectivity index (χ4v) is 3.86. The molecule has 1 amide bonds. The summed E-state index contributed by atoms with van der Waals surface area (Å²) in [5, 5.41) is 12.1. The molecule has 0 unspecified atom stereocenters. The molecule has 0 bridgehead atoms. The number of rotatable bonds is 6. The zero-order valence-electron chi connectivity index (χ0n) is 17.5. The molecule has 3 aromatic rings. The molecule has 0 saturated carbocycles. The normalized spacial score (nSPS) is 14.9. The molecular formula is C26H23FN2O3. The Hall–Kier alpha value is -3.69. The highest BCUT2D eigenvalue weighted by atomic mass is 19.1. The van der Waals surface area contributed by atoms with Crippen LogP contribution >= 0.6 is 0 Å².